The molecule has 0 aliphatic heterocycles. The highest BCUT2D eigenvalue weighted by molar-refractivity contribution is 9.10. The summed E-state index contributed by atoms with van der Waals surface area (Å²) in [6.45, 7) is 1.76. The number of anilines is 1. The van der Waals surface area contributed by atoms with Crippen molar-refractivity contribution in [3.63, 3.8) is 0 Å². The quantitative estimate of drug-likeness (QED) is 0.804. The number of halogens is 1. The third-order valence-electron chi connectivity index (χ3n) is 1.68. The van der Waals surface area contributed by atoms with Crippen molar-refractivity contribution in [1.29, 1.82) is 0 Å². The summed E-state index contributed by atoms with van der Waals surface area (Å²) in [7, 11) is 1.72. The average Bonchev–Trinajstić information content (AvgIpc) is 2.13. The van der Waals surface area contributed by atoms with Crippen LogP contribution in [0.5, 0.6) is 0 Å². The van der Waals surface area contributed by atoms with Gasteiger partial charge in [0.1, 0.15) is 0 Å². The number of ether oxygens (including phenoxy) is 1. The molecule has 0 amide bonds. The Balaban J connectivity index is 2.28. The number of benzene rings is 1. The molecule has 13 heavy (non-hydrogen) atoms. The summed E-state index contributed by atoms with van der Waals surface area (Å²) < 4.78 is 6.06. The van der Waals surface area contributed by atoms with Crippen molar-refractivity contribution in [2.24, 2.45) is 0 Å². The Morgan fingerprint density at radius 2 is 2.31 bits per heavy atom. The molecule has 0 bridgehead atoms. The van der Waals surface area contributed by atoms with Gasteiger partial charge >= 0.3 is 0 Å². The Hall–Kier alpha value is -0.540. The van der Waals surface area contributed by atoms with E-state index in [1.54, 1.807) is 7.11 Å². The number of hydrogen-bond acceptors (Lipinski definition) is 2. The second kappa shape index (κ2) is 6.00. The first-order valence-corrected chi connectivity index (χ1v) is 5.10. The maximum absolute atomic E-state index is 4.95. The van der Waals surface area contributed by atoms with Gasteiger partial charge in [-0.15, -0.1) is 0 Å². The van der Waals surface area contributed by atoms with Crippen LogP contribution in [0.25, 0.3) is 0 Å². The van der Waals surface area contributed by atoms with E-state index in [9.17, 15) is 0 Å². The van der Waals surface area contributed by atoms with Crippen LogP contribution in [0.4, 0.5) is 5.69 Å². The molecule has 1 aromatic carbocycles. The zero-order chi connectivity index (χ0) is 9.52. The molecule has 1 aromatic rings. The van der Waals surface area contributed by atoms with Crippen molar-refractivity contribution >= 4 is 21.6 Å². The SMILES string of the molecule is COCCCNc1cccc(Br)c1. The summed E-state index contributed by atoms with van der Waals surface area (Å²) >= 11 is 3.42. The summed E-state index contributed by atoms with van der Waals surface area (Å²) in [6, 6.07) is 8.15. The minimum absolute atomic E-state index is 0.807. The van der Waals surface area contributed by atoms with Crippen LogP contribution in [0.2, 0.25) is 0 Å². The van der Waals surface area contributed by atoms with E-state index in [0.717, 1.165) is 29.7 Å². The molecular formula is C10H14BrNO. The van der Waals surface area contributed by atoms with Gasteiger partial charge in [0.05, 0.1) is 0 Å². The van der Waals surface area contributed by atoms with Gasteiger partial charge in [0, 0.05) is 30.4 Å². The molecule has 1 rings (SSSR count). The van der Waals surface area contributed by atoms with Crippen LogP contribution in [0.1, 0.15) is 6.42 Å². The number of methoxy groups -OCH3 is 1. The fourth-order valence-electron chi connectivity index (χ4n) is 1.05. The molecule has 0 aliphatic carbocycles. The Kier molecular flexibility index (Phi) is 4.86. The first-order valence-electron chi connectivity index (χ1n) is 4.31. The minimum atomic E-state index is 0.807. The van der Waals surface area contributed by atoms with Crippen LogP contribution >= 0.6 is 15.9 Å². The van der Waals surface area contributed by atoms with Crippen LogP contribution in [-0.4, -0.2) is 20.3 Å². The number of nitrogens with one attached hydrogen (secondary N) is 1. The number of rotatable bonds is 5. The lowest BCUT2D eigenvalue weighted by molar-refractivity contribution is 0.198. The molecule has 0 atom stereocenters. The monoisotopic (exact) mass is 243 g/mol. The number of hydrogen-bond donors (Lipinski definition) is 1. The van der Waals surface area contributed by atoms with E-state index in [1.165, 1.54) is 0 Å². The summed E-state index contributed by atoms with van der Waals surface area (Å²) in [5, 5.41) is 3.31. The molecular weight excluding hydrogens is 230 g/mol. The second-order valence-corrected chi connectivity index (χ2v) is 3.70. The fraction of sp³-hybridized carbons (Fsp3) is 0.400. The largest absolute Gasteiger partial charge is 0.385 e. The topological polar surface area (TPSA) is 21.3 Å². The van der Waals surface area contributed by atoms with Gasteiger partial charge < -0.3 is 10.1 Å². The summed E-state index contributed by atoms with van der Waals surface area (Å²) in [5.74, 6) is 0. The third-order valence-corrected chi connectivity index (χ3v) is 2.17. The molecule has 2 nitrogen and oxygen atoms in total. The zero-order valence-electron chi connectivity index (χ0n) is 7.72. The molecule has 0 saturated carbocycles. The lowest BCUT2D eigenvalue weighted by Gasteiger charge is -2.05. The highest BCUT2D eigenvalue weighted by Crippen LogP contribution is 2.15. The summed E-state index contributed by atoms with van der Waals surface area (Å²) in [5.41, 5.74) is 1.14. The zero-order valence-corrected chi connectivity index (χ0v) is 9.30. The molecule has 0 radical (unpaired) electrons. The van der Waals surface area contributed by atoms with Crippen molar-refractivity contribution in [2.75, 3.05) is 25.6 Å². The van der Waals surface area contributed by atoms with E-state index in [-0.39, 0.29) is 0 Å². The van der Waals surface area contributed by atoms with Gasteiger partial charge in [-0.1, -0.05) is 22.0 Å². The first-order chi connectivity index (χ1) is 6.33. The van der Waals surface area contributed by atoms with Crippen molar-refractivity contribution in [3.05, 3.63) is 28.7 Å². The Bertz CT molecular complexity index is 252. The molecule has 72 valence electrons. The Labute approximate surface area is 87.4 Å². The molecule has 0 fully saturated rings. The van der Waals surface area contributed by atoms with Gasteiger partial charge in [0.15, 0.2) is 0 Å². The standard InChI is InChI=1S/C10H14BrNO/c1-13-7-3-6-12-10-5-2-4-9(11)8-10/h2,4-5,8,12H,3,6-7H2,1H3. The molecule has 0 aromatic heterocycles. The first kappa shape index (κ1) is 10.5. The van der Waals surface area contributed by atoms with Gasteiger partial charge in [-0.05, 0) is 24.6 Å². The average molecular weight is 244 g/mol. The van der Waals surface area contributed by atoms with Crippen LogP contribution < -0.4 is 5.32 Å². The maximum Gasteiger partial charge on any atom is 0.0479 e. The van der Waals surface area contributed by atoms with Crippen LogP contribution in [0, 0.1) is 0 Å². The molecule has 0 unspecified atom stereocenters. The summed E-state index contributed by atoms with van der Waals surface area (Å²) in [6.07, 6.45) is 1.03. The van der Waals surface area contributed by atoms with Gasteiger partial charge in [0.2, 0.25) is 0 Å². The molecule has 3 heteroatoms. The van der Waals surface area contributed by atoms with Crippen LogP contribution in [0.15, 0.2) is 28.7 Å². The van der Waals surface area contributed by atoms with Crippen molar-refractivity contribution in [1.82, 2.24) is 0 Å². The van der Waals surface area contributed by atoms with E-state index < -0.39 is 0 Å². The van der Waals surface area contributed by atoms with Crippen molar-refractivity contribution < 1.29 is 4.74 Å². The van der Waals surface area contributed by atoms with Crippen LogP contribution in [0.3, 0.4) is 0 Å². The van der Waals surface area contributed by atoms with E-state index in [1.807, 2.05) is 12.1 Å². The highest BCUT2D eigenvalue weighted by Gasteiger charge is 1.91. The summed E-state index contributed by atoms with van der Waals surface area (Å²) in [4.78, 5) is 0. The lowest BCUT2D eigenvalue weighted by Crippen LogP contribution is -2.04. The fourth-order valence-corrected chi connectivity index (χ4v) is 1.45. The van der Waals surface area contributed by atoms with E-state index in [4.69, 9.17) is 4.74 Å². The predicted octanol–water partition coefficient (Wildman–Crippen LogP) is 2.90. The molecule has 0 heterocycles. The van der Waals surface area contributed by atoms with Gasteiger partial charge in [0.25, 0.3) is 0 Å². The maximum atomic E-state index is 4.95. The third kappa shape index (κ3) is 4.29. The van der Waals surface area contributed by atoms with Gasteiger partial charge in [-0.2, -0.15) is 0 Å². The Morgan fingerprint density at radius 3 is 3.00 bits per heavy atom. The molecule has 1 N–H and O–H groups in total. The highest BCUT2D eigenvalue weighted by atomic mass is 79.9. The van der Waals surface area contributed by atoms with E-state index in [0.29, 0.717) is 0 Å². The lowest BCUT2D eigenvalue weighted by atomic mass is 10.3. The molecule has 0 saturated heterocycles. The predicted molar refractivity (Wildman–Crippen MR) is 59.1 cm³/mol. The smallest absolute Gasteiger partial charge is 0.0479 e. The Morgan fingerprint density at radius 1 is 1.46 bits per heavy atom. The second-order valence-electron chi connectivity index (χ2n) is 2.78. The van der Waals surface area contributed by atoms with Gasteiger partial charge in [-0.25, -0.2) is 0 Å². The van der Waals surface area contributed by atoms with Crippen molar-refractivity contribution in [3.8, 4) is 0 Å². The van der Waals surface area contributed by atoms with Crippen LogP contribution in [-0.2, 0) is 4.74 Å². The van der Waals surface area contributed by atoms with E-state index in [2.05, 4.69) is 33.4 Å². The minimum Gasteiger partial charge on any atom is -0.385 e. The van der Waals surface area contributed by atoms with E-state index >= 15 is 0 Å². The molecule has 0 spiro atoms. The van der Waals surface area contributed by atoms with Crippen molar-refractivity contribution in [2.45, 2.75) is 6.42 Å². The van der Waals surface area contributed by atoms with Gasteiger partial charge in [-0.3, -0.25) is 0 Å². The molecule has 0 aliphatic rings. The normalized spacial score (nSPS) is 10.0.